The van der Waals surface area contributed by atoms with E-state index in [4.69, 9.17) is 13.6 Å². The first-order valence-electron chi connectivity index (χ1n) is 12.0. The monoisotopic (exact) mass is 460 g/mol. The summed E-state index contributed by atoms with van der Waals surface area (Å²) in [4.78, 5) is 6.48. The second-order valence-corrected chi connectivity index (χ2v) is 9.41. The summed E-state index contributed by atoms with van der Waals surface area (Å²) >= 11 is 0. The van der Waals surface area contributed by atoms with Crippen LogP contribution in [0.3, 0.4) is 0 Å². The average molecular weight is 461 g/mol. The maximum atomic E-state index is 10.7. The number of aromatic nitrogens is 1. The van der Waals surface area contributed by atoms with E-state index in [0.29, 0.717) is 41.2 Å². The fraction of sp³-hybridized carbons (Fsp3) is 0.393. The highest BCUT2D eigenvalue weighted by Gasteiger charge is 2.23. The molecule has 178 valence electrons. The number of nitrogens with zero attached hydrogens (tertiary/aromatic N) is 2. The molecule has 0 bridgehead atoms. The molecule has 1 fully saturated rings. The summed E-state index contributed by atoms with van der Waals surface area (Å²) in [5, 5.41) is 11.5. The molecule has 1 saturated heterocycles. The number of hydrogen-bond donors (Lipinski definition) is 1. The SMILES string of the molecule is Cc1ncc(-c2cc3c(OC[C@@H](O)CN4CCC(c5ccc(C)c(C)c5)CC4)cccc3o2)o1. The van der Waals surface area contributed by atoms with Gasteiger partial charge in [-0.3, -0.25) is 0 Å². The summed E-state index contributed by atoms with van der Waals surface area (Å²) in [5.74, 6) is 3.08. The van der Waals surface area contributed by atoms with Crippen molar-refractivity contribution in [2.45, 2.75) is 45.6 Å². The van der Waals surface area contributed by atoms with Crippen LogP contribution in [0.2, 0.25) is 0 Å². The van der Waals surface area contributed by atoms with Gasteiger partial charge in [-0.2, -0.15) is 0 Å². The summed E-state index contributed by atoms with van der Waals surface area (Å²) < 4.78 is 17.5. The van der Waals surface area contributed by atoms with E-state index in [9.17, 15) is 5.11 Å². The molecule has 1 N–H and O–H groups in total. The van der Waals surface area contributed by atoms with Crippen LogP contribution in [0.4, 0.5) is 0 Å². The van der Waals surface area contributed by atoms with Gasteiger partial charge >= 0.3 is 0 Å². The first-order chi connectivity index (χ1) is 16.5. The predicted octanol–water partition coefficient (Wildman–Crippen LogP) is 5.63. The number of aliphatic hydroxyl groups is 1. The van der Waals surface area contributed by atoms with Gasteiger partial charge in [-0.25, -0.2) is 4.98 Å². The fourth-order valence-corrected chi connectivity index (χ4v) is 4.76. The minimum atomic E-state index is -0.559. The number of β-amino-alcohol motifs (C(OH)–C–C–N with tert-alkyl or cyclic N) is 1. The standard InChI is InChI=1S/C28H32N2O4/c1-18-7-8-22(13-19(18)2)21-9-11-30(12-10-21)16-23(31)17-32-25-5-4-6-26-24(25)14-27(34-26)28-15-29-20(3)33-28/h4-8,13-15,21,23,31H,9-12,16-17H2,1-3H3/t23-/m0/s1. The van der Waals surface area contributed by atoms with Crippen LogP contribution in [0.1, 0.15) is 41.3 Å². The molecule has 34 heavy (non-hydrogen) atoms. The van der Waals surface area contributed by atoms with Crippen molar-refractivity contribution in [3.8, 4) is 17.3 Å². The molecule has 5 rings (SSSR count). The second kappa shape index (κ2) is 9.65. The molecular formula is C28H32N2O4. The molecule has 0 spiro atoms. The molecule has 4 aromatic rings. The van der Waals surface area contributed by atoms with Crippen LogP contribution in [0.25, 0.3) is 22.5 Å². The Hall–Kier alpha value is -3.09. The molecule has 0 amide bonds. The van der Waals surface area contributed by atoms with Crippen LogP contribution in [-0.4, -0.2) is 47.3 Å². The van der Waals surface area contributed by atoms with Crippen molar-refractivity contribution in [1.82, 2.24) is 9.88 Å². The Kier molecular flexibility index (Phi) is 6.44. The number of fused-ring (bicyclic) bond motifs is 1. The molecule has 3 heterocycles. The third-order valence-corrected chi connectivity index (χ3v) is 6.88. The van der Waals surface area contributed by atoms with Gasteiger partial charge in [-0.05, 0) is 80.6 Å². The quantitative estimate of drug-likeness (QED) is 0.385. The third kappa shape index (κ3) is 4.88. The van der Waals surface area contributed by atoms with E-state index in [1.807, 2.05) is 24.3 Å². The molecule has 0 radical (unpaired) electrons. The van der Waals surface area contributed by atoms with Crippen molar-refractivity contribution in [3.63, 3.8) is 0 Å². The van der Waals surface area contributed by atoms with Crippen LogP contribution >= 0.6 is 0 Å². The number of ether oxygens (including phenoxy) is 1. The topological polar surface area (TPSA) is 71.9 Å². The van der Waals surface area contributed by atoms with E-state index in [1.165, 1.54) is 16.7 Å². The van der Waals surface area contributed by atoms with Crippen LogP contribution in [0, 0.1) is 20.8 Å². The number of oxazole rings is 1. The summed E-state index contributed by atoms with van der Waals surface area (Å²) in [6.45, 7) is 8.98. The Bertz CT molecular complexity index is 1270. The highest BCUT2D eigenvalue weighted by Crippen LogP contribution is 2.34. The van der Waals surface area contributed by atoms with Gasteiger partial charge in [0.25, 0.3) is 0 Å². The van der Waals surface area contributed by atoms with E-state index < -0.39 is 6.10 Å². The van der Waals surface area contributed by atoms with Gasteiger partial charge in [0.1, 0.15) is 24.0 Å². The maximum absolute atomic E-state index is 10.7. The van der Waals surface area contributed by atoms with Crippen molar-refractivity contribution < 1.29 is 18.7 Å². The van der Waals surface area contributed by atoms with E-state index in [2.05, 4.69) is 41.9 Å². The normalized spacial score (nSPS) is 16.2. The van der Waals surface area contributed by atoms with Crippen LogP contribution in [0.5, 0.6) is 5.75 Å². The average Bonchev–Trinajstić information content (AvgIpc) is 3.46. The summed E-state index contributed by atoms with van der Waals surface area (Å²) in [5.41, 5.74) is 4.87. The second-order valence-electron chi connectivity index (χ2n) is 9.41. The van der Waals surface area contributed by atoms with Crippen molar-refractivity contribution in [2.24, 2.45) is 0 Å². The summed E-state index contributed by atoms with van der Waals surface area (Å²) in [7, 11) is 0. The van der Waals surface area contributed by atoms with Gasteiger partial charge in [-0.15, -0.1) is 0 Å². The number of furan rings is 1. The van der Waals surface area contributed by atoms with Gasteiger partial charge in [0, 0.05) is 13.5 Å². The summed E-state index contributed by atoms with van der Waals surface area (Å²) in [6.07, 6.45) is 3.33. The van der Waals surface area contributed by atoms with E-state index >= 15 is 0 Å². The number of rotatable bonds is 7. The van der Waals surface area contributed by atoms with Crippen molar-refractivity contribution in [3.05, 3.63) is 71.2 Å². The molecular weight excluding hydrogens is 428 g/mol. The Morgan fingerprint density at radius 3 is 2.59 bits per heavy atom. The number of likely N-dealkylation sites (tertiary alicyclic amines) is 1. The molecule has 2 aromatic heterocycles. The highest BCUT2D eigenvalue weighted by atomic mass is 16.5. The van der Waals surface area contributed by atoms with Gasteiger partial charge < -0.3 is 23.6 Å². The van der Waals surface area contributed by atoms with E-state index in [1.54, 1.807) is 13.1 Å². The Balaban J connectivity index is 1.16. The lowest BCUT2D eigenvalue weighted by molar-refractivity contribution is 0.0599. The van der Waals surface area contributed by atoms with E-state index in [-0.39, 0.29) is 6.61 Å². The van der Waals surface area contributed by atoms with Gasteiger partial charge in [0.2, 0.25) is 0 Å². The smallest absolute Gasteiger partial charge is 0.191 e. The molecule has 6 nitrogen and oxygen atoms in total. The molecule has 0 aliphatic carbocycles. The first kappa shape index (κ1) is 22.7. The Labute approximate surface area is 200 Å². The van der Waals surface area contributed by atoms with Crippen molar-refractivity contribution in [2.75, 3.05) is 26.2 Å². The number of hydrogen-bond acceptors (Lipinski definition) is 6. The van der Waals surface area contributed by atoms with Gasteiger partial charge in [0.15, 0.2) is 17.4 Å². The molecule has 1 aliphatic heterocycles. The number of benzene rings is 2. The third-order valence-electron chi connectivity index (χ3n) is 6.88. The molecule has 1 atom stereocenters. The van der Waals surface area contributed by atoms with E-state index in [0.717, 1.165) is 31.3 Å². The lowest BCUT2D eigenvalue weighted by Gasteiger charge is -2.33. The largest absolute Gasteiger partial charge is 0.490 e. The molecule has 6 heteroatoms. The zero-order valence-electron chi connectivity index (χ0n) is 20.1. The number of aliphatic hydroxyl groups excluding tert-OH is 1. The van der Waals surface area contributed by atoms with Gasteiger partial charge in [0.05, 0.1) is 11.6 Å². The predicted molar refractivity (Wildman–Crippen MR) is 132 cm³/mol. The Morgan fingerprint density at radius 1 is 1.03 bits per heavy atom. The number of aryl methyl sites for hydroxylation is 3. The lowest BCUT2D eigenvalue weighted by atomic mass is 9.88. The fourth-order valence-electron chi connectivity index (χ4n) is 4.76. The highest BCUT2D eigenvalue weighted by molar-refractivity contribution is 5.87. The lowest BCUT2D eigenvalue weighted by Crippen LogP contribution is -2.40. The number of piperidine rings is 1. The Morgan fingerprint density at radius 2 is 1.85 bits per heavy atom. The van der Waals surface area contributed by atoms with Crippen LogP contribution in [-0.2, 0) is 0 Å². The first-order valence-corrected chi connectivity index (χ1v) is 12.0. The van der Waals surface area contributed by atoms with Crippen LogP contribution < -0.4 is 4.74 Å². The minimum absolute atomic E-state index is 0.234. The zero-order valence-corrected chi connectivity index (χ0v) is 20.1. The molecule has 1 aliphatic rings. The zero-order chi connectivity index (χ0) is 23.7. The summed E-state index contributed by atoms with van der Waals surface area (Å²) in [6, 6.07) is 14.4. The van der Waals surface area contributed by atoms with Gasteiger partial charge in [-0.1, -0.05) is 24.3 Å². The molecule has 0 unspecified atom stereocenters. The maximum Gasteiger partial charge on any atom is 0.191 e. The molecule has 0 saturated carbocycles. The van der Waals surface area contributed by atoms with Crippen molar-refractivity contribution in [1.29, 1.82) is 0 Å². The minimum Gasteiger partial charge on any atom is -0.490 e. The van der Waals surface area contributed by atoms with Crippen molar-refractivity contribution >= 4 is 11.0 Å². The van der Waals surface area contributed by atoms with Crippen LogP contribution in [0.15, 0.2) is 57.5 Å². The molecule has 2 aromatic carbocycles.